The normalized spacial score (nSPS) is 14.0. The number of methoxy groups -OCH3 is 1. The Morgan fingerprint density at radius 1 is 1.43 bits per heavy atom. The van der Waals surface area contributed by atoms with Crippen LogP contribution in [0.15, 0.2) is 0 Å². The fourth-order valence-electron chi connectivity index (χ4n) is 1.25. The Morgan fingerprint density at radius 2 is 2.00 bits per heavy atom. The fraction of sp³-hybridized carbons (Fsp3) is 0.778. The highest BCUT2D eigenvalue weighted by Crippen LogP contribution is 2.13. The van der Waals surface area contributed by atoms with Crippen LogP contribution in [0.25, 0.3) is 0 Å². The summed E-state index contributed by atoms with van der Waals surface area (Å²) >= 11 is 0. The van der Waals surface area contributed by atoms with E-state index in [4.69, 9.17) is 0 Å². The SMILES string of the molecule is CCCC(C)(NC(=O)NC)C(=O)OC. The first-order valence-corrected chi connectivity index (χ1v) is 4.58. The lowest BCUT2D eigenvalue weighted by Gasteiger charge is -2.27. The number of hydrogen-bond acceptors (Lipinski definition) is 3. The summed E-state index contributed by atoms with van der Waals surface area (Å²) in [4.78, 5) is 22.5. The van der Waals surface area contributed by atoms with Crippen molar-refractivity contribution < 1.29 is 14.3 Å². The Balaban J connectivity index is 4.54. The molecule has 0 aliphatic carbocycles. The van der Waals surface area contributed by atoms with Crippen molar-refractivity contribution in [3.63, 3.8) is 0 Å². The number of urea groups is 1. The molecule has 0 spiro atoms. The van der Waals surface area contributed by atoms with E-state index in [2.05, 4.69) is 15.4 Å². The van der Waals surface area contributed by atoms with Gasteiger partial charge < -0.3 is 15.4 Å². The molecule has 0 fully saturated rings. The lowest BCUT2D eigenvalue weighted by Crippen LogP contribution is -2.55. The molecule has 0 heterocycles. The number of amides is 2. The highest BCUT2D eigenvalue weighted by molar-refractivity contribution is 5.86. The highest BCUT2D eigenvalue weighted by atomic mass is 16.5. The van der Waals surface area contributed by atoms with Crippen LogP contribution >= 0.6 is 0 Å². The van der Waals surface area contributed by atoms with E-state index in [1.807, 2.05) is 6.92 Å². The van der Waals surface area contributed by atoms with Crippen molar-refractivity contribution >= 4 is 12.0 Å². The van der Waals surface area contributed by atoms with Crippen molar-refractivity contribution in [2.45, 2.75) is 32.2 Å². The lowest BCUT2D eigenvalue weighted by atomic mass is 9.96. The Kier molecular flexibility index (Phi) is 4.97. The third-order valence-corrected chi connectivity index (χ3v) is 2.00. The number of rotatable bonds is 4. The molecule has 0 saturated heterocycles. The Bertz CT molecular complexity index is 218. The van der Waals surface area contributed by atoms with Gasteiger partial charge in [-0.25, -0.2) is 9.59 Å². The molecule has 1 unspecified atom stereocenters. The van der Waals surface area contributed by atoms with Gasteiger partial charge >= 0.3 is 12.0 Å². The van der Waals surface area contributed by atoms with Gasteiger partial charge in [-0.3, -0.25) is 0 Å². The quantitative estimate of drug-likeness (QED) is 0.658. The van der Waals surface area contributed by atoms with Gasteiger partial charge in [0.2, 0.25) is 0 Å². The van der Waals surface area contributed by atoms with Gasteiger partial charge in [0.05, 0.1) is 7.11 Å². The van der Waals surface area contributed by atoms with Gasteiger partial charge in [-0.05, 0) is 13.3 Å². The first-order chi connectivity index (χ1) is 6.50. The van der Waals surface area contributed by atoms with Crippen LogP contribution < -0.4 is 10.6 Å². The molecule has 0 aromatic heterocycles. The summed E-state index contributed by atoms with van der Waals surface area (Å²) in [5.41, 5.74) is -0.941. The molecular weight excluding hydrogens is 184 g/mol. The van der Waals surface area contributed by atoms with Gasteiger partial charge in [0, 0.05) is 7.05 Å². The van der Waals surface area contributed by atoms with E-state index >= 15 is 0 Å². The third-order valence-electron chi connectivity index (χ3n) is 2.00. The van der Waals surface area contributed by atoms with Crippen LogP contribution in [0.3, 0.4) is 0 Å². The van der Waals surface area contributed by atoms with Crippen molar-refractivity contribution in [1.29, 1.82) is 0 Å². The molecule has 0 rings (SSSR count). The number of carbonyl (C=O) groups excluding carboxylic acids is 2. The molecule has 0 radical (unpaired) electrons. The zero-order chi connectivity index (χ0) is 11.2. The number of esters is 1. The zero-order valence-electron chi connectivity index (χ0n) is 9.14. The summed E-state index contributed by atoms with van der Waals surface area (Å²) in [6.45, 7) is 3.59. The van der Waals surface area contributed by atoms with E-state index in [1.165, 1.54) is 14.2 Å². The van der Waals surface area contributed by atoms with Crippen LogP contribution in [0.1, 0.15) is 26.7 Å². The minimum absolute atomic E-state index is 0.383. The number of carbonyl (C=O) groups is 2. The summed E-state index contributed by atoms with van der Waals surface area (Å²) in [5.74, 6) is -0.428. The fourth-order valence-corrected chi connectivity index (χ4v) is 1.25. The number of ether oxygens (including phenoxy) is 1. The molecule has 0 aliphatic heterocycles. The molecule has 14 heavy (non-hydrogen) atoms. The Hall–Kier alpha value is -1.26. The minimum atomic E-state index is -0.941. The van der Waals surface area contributed by atoms with Crippen molar-refractivity contribution in [2.75, 3.05) is 14.2 Å². The predicted octanol–water partition coefficient (Wildman–Crippen LogP) is 0.647. The van der Waals surface area contributed by atoms with Crippen LogP contribution in [-0.4, -0.2) is 31.7 Å². The molecule has 0 saturated carbocycles. The van der Waals surface area contributed by atoms with E-state index in [0.717, 1.165) is 6.42 Å². The number of hydrogen-bond donors (Lipinski definition) is 2. The molecule has 2 N–H and O–H groups in total. The van der Waals surface area contributed by atoms with Crippen LogP contribution in [0, 0.1) is 0 Å². The Labute approximate surface area is 84.2 Å². The average Bonchev–Trinajstić information content (AvgIpc) is 2.16. The molecule has 82 valence electrons. The standard InChI is InChI=1S/C9H18N2O3/c1-5-6-9(2,7(12)14-4)11-8(13)10-3/h5-6H2,1-4H3,(H2,10,11,13). The molecule has 2 amide bonds. The second-order valence-corrected chi connectivity index (χ2v) is 3.28. The maximum absolute atomic E-state index is 11.4. The van der Waals surface area contributed by atoms with Crippen molar-refractivity contribution in [1.82, 2.24) is 10.6 Å². The van der Waals surface area contributed by atoms with Crippen molar-refractivity contribution in [3.05, 3.63) is 0 Å². The van der Waals surface area contributed by atoms with Crippen LogP contribution in [0.5, 0.6) is 0 Å². The first kappa shape index (κ1) is 12.7. The summed E-state index contributed by atoms with van der Waals surface area (Å²) in [6.07, 6.45) is 1.34. The minimum Gasteiger partial charge on any atom is -0.467 e. The second kappa shape index (κ2) is 5.47. The van der Waals surface area contributed by atoms with Gasteiger partial charge in [-0.1, -0.05) is 13.3 Å². The summed E-state index contributed by atoms with van der Waals surface area (Å²) in [5, 5.41) is 4.97. The zero-order valence-corrected chi connectivity index (χ0v) is 9.14. The molecule has 0 aromatic carbocycles. The van der Waals surface area contributed by atoms with Crippen LogP contribution in [0.2, 0.25) is 0 Å². The molecule has 5 nitrogen and oxygen atoms in total. The molecule has 0 bridgehead atoms. The van der Waals surface area contributed by atoms with Crippen molar-refractivity contribution in [3.8, 4) is 0 Å². The number of nitrogens with one attached hydrogen (secondary N) is 2. The molecular formula is C9H18N2O3. The highest BCUT2D eigenvalue weighted by Gasteiger charge is 2.34. The van der Waals surface area contributed by atoms with E-state index in [-0.39, 0.29) is 6.03 Å². The summed E-state index contributed by atoms with van der Waals surface area (Å²) in [6, 6.07) is -0.383. The molecule has 0 aromatic rings. The summed E-state index contributed by atoms with van der Waals surface area (Å²) in [7, 11) is 2.81. The predicted molar refractivity (Wildman–Crippen MR) is 52.9 cm³/mol. The summed E-state index contributed by atoms with van der Waals surface area (Å²) < 4.78 is 4.63. The van der Waals surface area contributed by atoms with Crippen LogP contribution in [-0.2, 0) is 9.53 Å². The second-order valence-electron chi connectivity index (χ2n) is 3.28. The lowest BCUT2D eigenvalue weighted by molar-refractivity contribution is -0.147. The van der Waals surface area contributed by atoms with Crippen LogP contribution in [0.4, 0.5) is 4.79 Å². The first-order valence-electron chi connectivity index (χ1n) is 4.58. The average molecular weight is 202 g/mol. The van der Waals surface area contributed by atoms with Gasteiger partial charge in [-0.15, -0.1) is 0 Å². The van der Waals surface area contributed by atoms with Crippen molar-refractivity contribution in [2.24, 2.45) is 0 Å². The van der Waals surface area contributed by atoms with E-state index < -0.39 is 11.5 Å². The maximum Gasteiger partial charge on any atom is 0.331 e. The van der Waals surface area contributed by atoms with Gasteiger partial charge in [0.25, 0.3) is 0 Å². The topological polar surface area (TPSA) is 67.4 Å². The maximum atomic E-state index is 11.4. The smallest absolute Gasteiger partial charge is 0.331 e. The van der Waals surface area contributed by atoms with Gasteiger partial charge in [0.1, 0.15) is 5.54 Å². The van der Waals surface area contributed by atoms with E-state index in [1.54, 1.807) is 6.92 Å². The monoisotopic (exact) mass is 202 g/mol. The van der Waals surface area contributed by atoms with Gasteiger partial charge in [-0.2, -0.15) is 0 Å². The molecule has 0 aliphatic rings. The van der Waals surface area contributed by atoms with E-state index in [9.17, 15) is 9.59 Å². The molecule has 1 atom stereocenters. The third kappa shape index (κ3) is 3.24. The Morgan fingerprint density at radius 3 is 2.36 bits per heavy atom. The molecule has 5 heteroatoms. The van der Waals surface area contributed by atoms with Gasteiger partial charge in [0.15, 0.2) is 0 Å². The van der Waals surface area contributed by atoms with E-state index in [0.29, 0.717) is 6.42 Å². The largest absolute Gasteiger partial charge is 0.467 e.